The molecule has 0 spiro atoms. The van der Waals surface area contributed by atoms with Crippen LogP contribution in [0.15, 0.2) is 18.2 Å². The van der Waals surface area contributed by atoms with Gasteiger partial charge in [0.1, 0.15) is 5.69 Å². The van der Waals surface area contributed by atoms with E-state index < -0.39 is 0 Å². The van der Waals surface area contributed by atoms with Crippen molar-refractivity contribution >= 4 is 33.5 Å². The molecule has 150 valence electrons. The number of piperidine rings is 3. The van der Waals surface area contributed by atoms with Crippen LogP contribution in [0.1, 0.15) is 48.2 Å². The lowest BCUT2D eigenvalue weighted by atomic mass is 9.84. The Hall–Kier alpha value is -1.99. The number of unbranched alkanes of at least 4 members (excludes halogenated alkanes) is 1. The van der Waals surface area contributed by atoms with Gasteiger partial charge in [0.05, 0.1) is 11.8 Å². The zero-order valence-corrected chi connectivity index (χ0v) is 17.1. The number of nitrogens with one attached hydrogen (secondary N) is 1. The highest BCUT2D eigenvalue weighted by molar-refractivity contribution is 7.13. The van der Waals surface area contributed by atoms with Gasteiger partial charge in [-0.15, -0.1) is 0 Å². The highest BCUT2D eigenvalue weighted by Crippen LogP contribution is 2.29. The number of methoxy groups -OCH3 is 1. The van der Waals surface area contributed by atoms with Gasteiger partial charge in [-0.1, -0.05) is 12.1 Å². The molecule has 28 heavy (non-hydrogen) atoms. The van der Waals surface area contributed by atoms with Crippen molar-refractivity contribution < 1.29 is 14.3 Å². The Balaban J connectivity index is 1.37. The van der Waals surface area contributed by atoms with Gasteiger partial charge < -0.3 is 15.0 Å². The van der Waals surface area contributed by atoms with Gasteiger partial charge in [0.25, 0.3) is 5.91 Å². The first-order chi connectivity index (χ1) is 13.6. The quantitative estimate of drug-likeness (QED) is 0.570. The van der Waals surface area contributed by atoms with Crippen molar-refractivity contribution in [1.82, 2.24) is 14.6 Å². The molecule has 1 aromatic heterocycles. The molecule has 0 saturated carbocycles. The van der Waals surface area contributed by atoms with Crippen LogP contribution in [-0.4, -0.2) is 53.9 Å². The fraction of sp³-hybridized carbons (Fsp3) is 0.571. The van der Waals surface area contributed by atoms with Crippen LogP contribution in [-0.2, 0) is 16.0 Å². The Morgan fingerprint density at radius 3 is 2.82 bits per heavy atom. The summed E-state index contributed by atoms with van der Waals surface area (Å²) >= 11 is 1.39. The summed E-state index contributed by atoms with van der Waals surface area (Å²) in [6.07, 6.45) is 5.49. The minimum atomic E-state index is -0.156. The minimum Gasteiger partial charge on any atom is -0.469 e. The Morgan fingerprint density at radius 1 is 1.29 bits per heavy atom. The second-order valence-electron chi connectivity index (χ2n) is 7.86. The van der Waals surface area contributed by atoms with Crippen LogP contribution in [0.2, 0.25) is 0 Å². The Bertz CT molecular complexity index is 858. The first-order valence-electron chi connectivity index (χ1n) is 10.1. The second kappa shape index (κ2) is 8.57. The summed E-state index contributed by atoms with van der Waals surface area (Å²) in [5, 5.41) is 4.17. The standard InChI is InChI=1S/C21H27N3O3S/c1-27-19(25)5-3-2-4-14-6-7-16-18(12-14)28-23-20(16)21(26)22-17-13-24-10-8-15(17)9-11-24/h6-7,12,15,17H,2-5,8-11,13H2,1H3,(H,22,26)/t17-/m1/s1. The molecule has 2 aromatic rings. The van der Waals surface area contributed by atoms with Gasteiger partial charge in [-0.25, -0.2) is 0 Å². The van der Waals surface area contributed by atoms with Crippen molar-refractivity contribution in [3.63, 3.8) is 0 Å². The number of hydrogen-bond donors (Lipinski definition) is 1. The molecule has 7 heteroatoms. The predicted molar refractivity (Wildman–Crippen MR) is 110 cm³/mol. The molecule has 3 aliphatic rings. The maximum absolute atomic E-state index is 12.8. The molecular formula is C21H27N3O3S. The van der Waals surface area contributed by atoms with E-state index in [1.807, 2.05) is 6.07 Å². The van der Waals surface area contributed by atoms with Crippen LogP contribution in [0.25, 0.3) is 10.1 Å². The van der Waals surface area contributed by atoms with Crippen LogP contribution in [0.4, 0.5) is 0 Å². The second-order valence-corrected chi connectivity index (χ2v) is 8.67. The number of rotatable bonds is 7. The lowest BCUT2D eigenvalue weighted by Crippen LogP contribution is -2.57. The van der Waals surface area contributed by atoms with Gasteiger partial charge >= 0.3 is 5.97 Å². The third kappa shape index (κ3) is 4.20. The van der Waals surface area contributed by atoms with Crippen molar-refractivity contribution in [2.75, 3.05) is 26.7 Å². The summed E-state index contributed by atoms with van der Waals surface area (Å²) in [6.45, 7) is 3.30. The number of hydrogen-bond acceptors (Lipinski definition) is 6. The van der Waals surface area contributed by atoms with Crippen LogP contribution in [0.5, 0.6) is 0 Å². The van der Waals surface area contributed by atoms with E-state index in [0.29, 0.717) is 18.0 Å². The van der Waals surface area contributed by atoms with Crippen molar-refractivity contribution in [2.45, 2.75) is 44.6 Å². The maximum atomic E-state index is 12.8. The SMILES string of the molecule is COC(=O)CCCCc1ccc2c(C(=O)N[C@@H]3CN4CCC3CC4)nsc2c1. The molecule has 1 amide bonds. The number of aryl methyl sites for hydroxylation is 1. The number of benzene rings is 1. The fourth-order valence-electron chi connectivity index (χ4n) is 4.37. The Kier molecular flexibility index (Phi) is 5.92. The predicted octanol–water partition coefficient (Wildman–Crippen LogP) is 3.01. The number of fused-ring (bicyclic) bond motifs is 4. The van der Waals surface area contributed by atoms with Crippen molar-refractivity contribution in [3.8, 4) is 0 Å². The number of carbonyl (C=O) groups is 2. The highest BCUT2D eigenvalue weighted by Gasteiger charge is 2.35. The molecule has 1 N–H and O–H groups in total. The zero-order valence-electron chi connectivity index (χ0n) is 16.3. The summed E-state index contributed by atoms with van der Waals surface area (Å²) in [4.78, 5) is 26.4. The molecule has 4 heterocycles. The van der Waals surface area contributed by atoms with E-state index in [4.69, 9.17) is 0 Å². The van der Waals surface area contributed by atoms with E-state index in [2.05, 4.69) is 31.5 Å². The third-order valence-electron chi connectivity index (χ3n) is 6.05. The number of amides is 1. The number of ether oxygens (including phenoxy) is 1. The molecule has 5 rings (SSSR count). The average Bonchev–Trinajstić information content (AvgIpc) is 3.15. The van der Waals surface area contributed by atoms with Crippen LogP contribution < -0.4 is 5.32 Å². The van der Waals surface area contributed by atoms with E-state index in [1.54, 1.807) is 0 Å². The summed E-state index contributed by atoms with van der Waals surface area (Å²) < 4.78 is 10.2. The van der Waals surface area contributed by atoms with E-state index in [9.17, 15) is 9.59 Å². The number of carbonyl (C=O) groups excluding carboxylic acids is 2. The molecule has 1 atom stereocenters. The zero-order chi connectivity index (χ0) is 19.5. The van der Waals surface area contributed by atoms with Crippen molar-refractivity contribution in [3.05, 3.63) is 29.5 Å². The van der Waals surface area contributed by atoms with Crippen LogP contribution >= 0.6 is 11.5 Å². The van der Waals surface area contributed by atoms with Crippen LogP contribution in [0.3, 0.4) is 0 Å². The smallest absolute Gasteiger partial charge is 0.305 e. The molecule has 3 saturated heterocycles. The Labute approximate surface area is 169 Å². The first-order valence-corrected chi connectivity index (χ1v) is 10.9. The van der Waals surface area contributed by atoms with E-state index >= 15 is 0 Å². The minimum absolute atomic E-state index is 0.0455. The maximum Gasteiger partial charge on any atom is 0.305 e. The molecule has 2 bridgehead atoms. The topological polar surface area (TPSA) is 71.5 Å². The van der Waals surface area contributed by atoms with Gasteiger partial charge in [-0.3, -0.25) is 9.59 Å². The van der Waals surface area contributed by atoms with Crippen molar-refractivity contribution in [2.24, 2.45) is 5.92 Å². The third-order valence-corrected chi connectivity index (χ3v) is 6.86. The Morgan fingerprint density at radius 2 is 2.11 bits per heavy atom. The molecular weight excluding hydrogens is 374 g/mol. The average molecular weight is 402 g/mol. The normalized spacial score (nSPS) is 23.7. The van der Waals surface area contributed by atoms with Crippen LogP contribution in [0, 0.1) is 5.92 Å². The van der Waals surface area contributed by atoms with E-state index in [-0.39, 0.29) is 17.9 Å². The molecule has 3 aliphatic heterocycles. The number of aromatic nitrogens is 1. The molecule has 0 unspecified atom stereocenters. The lowest BCUT2D eigenvalue weighted by Gasteiger charge is -2.44. The van der Waals surface area contributed by atoms with Gasteiger partial charge in [-0.2, -0.15) is 4.37 Å². The number of esters is 1. The molecule has 1 aromatic carbocycles. The monoisotopic (exact) mass is 401 g/mol. The van der Waals surface area contributed by atoms with Gasteiger partial charge in [0.15, 0.2) is 0 Å². The molecule has 6 nitrogen and oxygen atoms in total. The molecule has 0 aliphatic carbocycles. The fourth-order valence-corrected chi connectivity index (χ4v) is 5.21. The largest absolute Gasteiger partial charge is 0.469 e. The summed E-state index contributed by atoms with van der Waals surface area (Å²) in [7, 11) is 1.42. The molecule has 0 radical (unpaired) electrons. The lowest BCUT2D eigenvalue weighted by molar-refractivity contribution is -0.140. The van der Waals surface area contributed by atoms with Gasteiger partial charge in [0, 0.05) is 24.4 Å². The number of nitrogens with zero attached hydrogens (tertiary/aromatic N) is 2. The highest BCUT2D eigenvalue weighted by atomic mass is 32.1. The van der Waals surface area contributed by atoms with Gasteiger partial charge in [0.2, 0.25) is 0 Å². The van der Waals surface area contributed by atoms with E-state index in [1.165, 1.54) is 50.1 Å². The van der Waals surface area contributed by atoms with Crippen molar-refractivity contribution in [1.29, 1.82) is 0 Å². The van der Waals surface area contributed by atoms with E-state index in [0.717, 1.165) is 35.9 Å². The summed E-state index contributed by atoms with van der Waals surface area (Å²) in [5.74, 6) is 0.405. The van der Waals surface area contributed by atoms with Gasteiger partial charge in [-0.05, 0) is 74.3 Å². The molecule has 3 fully saturated rings. The summed E-state index contributed by atoms with van der Waals surface area (Å²) in [6, 6.07) is 6.46. The first kappa shape index (κ1) is 19.3. The summed E-state index contributed by atoms with van der Waals surface area (Å²) in [5.41, 5.74) is 1.76.